The van der Waals surface area contributed by atoms with Gasteiger partial charge < -0.3 is 25.3 Å². The minimum Gasteiger partial charge on any atom is -0.372 e. The normalized spacial score (nSPS) is 19.2. The van der Waals surface area contributed by atoms with Crippen LogP contribution in [0, 0.1) is 6.92 Å². The van der Waals surface area contributed by atoms with Crippen LogP contribution in [-0.2, 0) is 20.9 Å². The second-order valence-electron chi connectivity index (χ2n) is 8.46. The van der Waals surface area contributed by atoms with Gasteiger partial charge in [0.05, 0.1) is 24.2 Å². The fourth-order valence-electron chi connectivity index (χ4n) is 4.21. The summed E-state index contributed by atoms with van der Waals surface area (Å²) in [6.45, 7) is 9.08. The van der Waals surface area contributed by atoms with Gasteiger partial charge in [0.15, 0.2) is 17.0 Å². The topological polar surface area (TPSA) is 154 Å². The number of nitrogens with one attached hydrogen (secondary N) is 1. The van der Waals surface area contributed by atoms with Gasteiger partial charge >= 0.3 is 0 Å². The van der Waals surface area contributed by atoms with Crippen LogP contribution in [0.2, 0.25) is 0 Å². The van der Waals surface area contributed by atoms with Gasteiger partial charge in [0.2, 0.25) is 11.8 Å². The summed E-state index contributed by atoms with van der Waals surface area (Å²) in [5.74, 6) is 0.802. The van der Waals surface area contributed by atoms with Crippen LogP contribution in [0.4, 0.5) is 5.82 Å². The van der Waals surface area contributed by atoms with Crippen molar-refractivity contribution < 1.29 is 14.3 Å². The summed E-state index contributed by atoms with van der Waals surface area (Å²) in [5, 5.41) is 3.11. The number of nitrogens with zero attached hydrogens (tertiary/aromatic N) is 7. The smallest absolute Gasteiger partial charge is 0.245 e. The summed E-state index contributed by atoms with van der Waals surface area (Å²) < 4.78 is 7.65. The Morgan fingerprint density at radius 2 is 1.85 bits per heavy atom. The maximum absolute atomic E-state index is 13.4. The fourth-order valence-corrected chi connectivity index (χ4v) is 4.21. The lowest BCUT2D eigenvalue weighted by Gasteiger charge is -2.37. The van der Waals surface area contributed by atoms with Crippen molar-refractivity contribution in [3.05, 3.63) is 24.5 Å². The third-order valence-electron chi connectivity index (χ3n) is 5.63. The first kappa shape index (κ1) is 23.5. The molecule has 180 valence electrons. The standard InChI is InChI=1S/C22H29N9O3/c1-5-31-20(15-7-24-14(4)25-8-15)29-18-19(26-11-27-21(18)31)28-16(6-17(23)32)22(33)30-9-12(2)34-13(3)10-30/h7-8,11-13,16H,5-6,9-10H2,1-4H3,(H2,23,32)(H,26,27,28). The number of amides is 2. The Morgan fingerprint density at radius 1 is 1.18 bits per heavy atom. The quantitative estimate of drug-likeness (QED) is 0.516. The molecule has 3 N–H and O–H groups in total. The third kappa shape index (κ3) is 4.81. The number of imidazole rings is 1. The summed E-state index contributed by atoms with van der Waals surface area (Å²) in [7, 11) is 0. The monoisotopic (exact) mass is 467 g/mol. The van der Waals surface area contributed by atoms with Crippen LogP contribution in [0.3, 0.4) is 0 Å². The lowest BCUT2D eigenvalue weighted by molar-refractivity contribution is -0.145. The lowest BCUT2D eigenvalue weighted by atomic mass is 10.1. The molecule has 1 fully saturated rings. The molecule has 3 aromatic rings. The zero-order valence-corrected chi connectivity index (χ0v) is 19.7. The highest BCUT2D eigenvalue weighted by molar-refractivity contribution is 5.93. The maximum atomic E-state index is 13.4. The number of ether oxygens (including phenoxy) is 1. The molecule has 0 aliphatic carbocycles. The number of aromatic nitrogens is 6. The number of carbonyl (C=O) groups is 2. The Labute approximate surface area is 197 Å². The molecule has 1 aliphatic rings. The minimum atomic E-state index is -0.897. The molecule has 4 heterocycles. The summed E-state index contributed by atoms with van der Waals surface area (Å²) in [5.41, 5.74) is 7.28. The molecule has 2 amide bonds. The van der Waals surface area contributed by atoms with Crippen LogP contribution in [0.1, 0.15) is 33.0 Å². The number of hydrogen-bond donors (Lipinski definition) is 2. The summed E-state index contributed by atoms with van der Waals surface area (Å²) in [6, 6.07) is -0.897. The molecule has 3 atom stereocenters. The molecule has 12 nitrogen and oxygen atoms in total. The van der Waals surface area contributed by atoms with Crippen LogP contribution in [0.25, 0.3) is 22.6 Å². The SMILES string of the molecule is CCn1c(-c2cnc(C)nc2)nc2c(NC(CC(N)=O)C(=O)N3CC(C)OC(C)C3)ncnc21. The summed E-state index contributed by atoms with van der Waals surface area (Å²) in [6.07, 6.45) is 4.42. The van der Waals surface area contributed by atoms with Gasteiger partial charge in [0.25, 0.3) is 0 Å². The van der Waals surface area contributed by atoms with Gasteiger partial charge in [-0.1, -0.05) is 0 Å². The van der Waals surface area contributed by atoms with Gasteiger partial charge in [-0.15, -0.1) is 0 Å². The fraction of sp³-hybridized carbons (Fsp3) is 0.500. The number of fused-ring (bicyclic) bond motifs is 1. The molecular formula is C22H29N9O3. The van der Waals surface area contributed by atoms with E-state index in [9.17, 15) is 9.59 Å². The molecule has 0 radical (unpaired) electrons. The molecule has 0 saturated carbocycles. The number of carbonyl (C=O) groups excluding carboxylic acids is 2. The van der Waals surface area contributed by atoms with Crippen molar-refractivity contribution in [1.29, 1.82) is 0 Å². The first-order valence-electron chi connectivity index (χ1n) is 11.3. The van der Waals surface area contributed by atoms with E-state index >= 15 is 0 Å². The van der Waals surface area contributed by atoms with E-state index in [0.717, 1.165) is 5.56 Å². The first-order valence-corrected chi connectivity index (χ1v) is 11.3. The van der Waals surface area contributed by atoms with E-state index in [-0.39, 0.29) is 24.5 Å². The predicted octanol–water partition coefficient (Wildman–Crippen LogP) is 0.903. The van der Waals surface area contributed by atoms with E-state index in [0.29, 0.717) is 48.3 Å². The number of primary amides is 1. The Morgan fingerprint density at radius 3 is 2.47 bits per heavy atom. The molecule has 3 unspecified atom stereocenters. The number of morpholine rings is 1. The van der Waals surface area contributed by atoms with E-state index in [1.807, 2.05) is 32.3 Å². The van der Waals surface area contributed by atoms with E-state index in [1.54, 1.807) is 17.3 Å². The molecule has 0 bridgehead atoms. The molecule has 4 rings (SSSR count). The zero-order valence-electron chi connectivity index (χ0n) is 19.7. The minimum absolute atomic E-state index is 0.104. The van der Waals surface area contributed by atoms with Crippen molar-refractivity contribution in [3.8, 4) is 11.4 Å². The van der Waals surface area contributed by atoms with Crippen molar-refractivity contribution in [2.75, 3.05) is 18.4 Å². The highest BCUT2D eigenvalue weighted by Gasteiger charge is 2.32. The van der Waals surface area contributed by atoms with Crippen molar-refractivity contribution in [3.63, 3.8) is 0 Å². The number of nitrogens with two attached hydrogens (primary N) is 1. The molecule has 12 heteroatoms. The number of hydrogen-bond acceptors (Lipinski definition) is 9. The second-order valence-corrected chi connectivity index (χ2v) is 8.46. The number of anilines is 1. The molecule has 0 spiro atoms. The lowest BCUT2D eigenvalue weighted by Crippen LogP contribution is -2.53. The van der Waals surface area contributed by atoms with Crippen molar-refractivity contribution in [2.45, 2.75) is 58.9 Å². The second kappa shape index (κ2) is 9.67. The molecule has 1 saturated heterocycles. The maximum Gasteiger partial charge on any atom is 0.245 e. The Bertz CT molecular complexity index is 1180. The Kier molecular flexibility index (Phi) is 6.68. The highest BCUT2D eigenvalue weighted by Crippen LogP contribution is 2.27. The van der Waals surface area contributed by atoms with Gasteiger partial charge in [0.1, 0.15) is 24.0 Å². The van der Waals surface area contributed by atoms with Crippen molar-refractivity contribution in [1.82, 2.24) is 34.4 Å². The van der Waals surface area contributed by atoms with E-state index in [2.05, 4.69) is 25.3 Å². The van der Waals surface area contributed by atoms with Gasteiger partial charge in [-0.3, -0.25) is 9.59 Å². The van der Waals surface area contributed by atoms with Crippen molar-refractivity contribution in [2.24, 2.45) is 5.73 Å². The number of aryl methyl sites for hydroxylation is 2. The molecule has 0 aromatic carbocycles. The number of rotatable bonds is 7. The van der Waals surface area contributed by atoms with E-state index < -0.39 is 11.9 Å². The van der Waals surface area contributed by atoms with Crippen LogP contribution >= 0.6 is 0 Å². The Balaban J connectivity index is 1.70. The van der Waals surface area contributed by atoms with Gasteiger partial charge in [-0.2, -0.15) is 0 Å². The summed E-state index contributed by atoms with van der Waals surface area (Å²) in [4.78, 5) is 48.9. The van der Waals surface area contributed by atoms with Gasteiger partial charge in [0, 0.05) is 32.0 Å². The Hall–Kier alpha value is -3.67. The van der Waals surface area contributed by atoms with Gasteiger partial charge in [-0.25, -0.2) is 24.9 Å². The summed E-state index contributed by atoms with van der Waals surface area (Å²) >= 11 is 0. The van der Waals surface area contributed by atoms with Gasteiger partial charge in [-0.05, 0) is 27.7 Å². The van der Waals surface area contributed by atoms with Crippen LogP contribution in [0.5, 0.6) is 0 Å². The van der Waals surface area contributed by atoms with Crippen molar-refractivity contribution >= 4 is 28.8 Å². The average molecular weight is 468 g/mol. The molecule has 3 aromatic heterocycles. The van der Waals surface area contributed by atoms with Crippen LogP contribution in [-0.4, -0.2) is 77.5 Å². The predicted molar refractivity (Wildman–Crippen MR) is 125 cm³/mol. The average Bonchev–Trinajstić information content (AvgIpc) is 3.17. The molecule has 1 aliphatic heterocycles. The van der Waals surface area contributed by atoms with E-state index in [4.69, 9.17) is 15.5 Å². The highest BCUT2D eigenvalue weighted by atomic mass is 16.5. The zero-order chi connectivity index (χ0) is 24.4. The van der Waals surface area contributed by atoms with E-state index in [1.165, 1.54) is 6.33 Å². The molecule has 34 heavy (non-hydrogen) atoms. The first-order chi connectivity index (χ1) is 16.3. The third-order valence-corrected chi connectivity index (χ3v) is 5.63. The molecular weight excluding hydrogens is 438 g/mol. The largest absolute Gasteiger partial charge is 0.372 e. The van der Waals surface area contributed by atoms with Crippen LogP contribution in [0.15, 0.2) is 18.7 Å². The van der Waals surface area contributed by atoms with Crippen LogP contribution < -0.4 is 11.1 Å².